The summed E-state index contributed by atoms with van der Waals surface area (Å²) in [4.78, 5) is 8.63. The fourth-order valence-corrected chi connectivity index (χ4v) is 5.52. The largest absolute Gasteiger partial charge is 0.475 e. The van der Waals surface area contributed by atoms with Gasteiger partial charge < -0.3 is 28.3 Å². The average Bonchev–Trinajstić information content (AvgIpc) is 3.35. The van der Waals surface area contributed by atoms with E-state index in [-0.39, 0.29) is 4.90 Å². The standard InChI is InChI=1S/C34H39N3O8S/c1-37-32-12-13-35-25-31(32)30-10-6-27(23-33(30)37)28-7-11-34(36-24-28)45-22-21-44-20-19-43-18-17-42-16-15-41-14-2-3-26-4-8-29(9-5-26)46(38,39)40/h4-13,23-25H,2-3,14-22H2,1H3,(H,38,39,40). The SMILES string of the molecule is Cn1c2ccncc2c2ccc(-c3ccc(OCCOCCOCCOCCOCCCc4ccc(S(=O)(=O)O)cc4)nc3)cc21. The Morgan fingerprint density at radius 3 is 2.00 bits per heavy atom. The van der Waals surface area contributed by atoms with E-state index in [0.717, 1.165) is 46.0 Å². The van der Waals surface area contributed by atoms with E-state index < -0.39 is 10.1 Å². The van der Waals surface area contributed by atoms with Crippen LogP contribution >= 0.6 is 0 Å². The maximum atomic E-state index is 11.1. The first-order chi connectivity index (χ1) is 22.4. The Morgan fingerprint density at radius 1 is 0.696 bits per heavy atom. The Labute approximate surface area is 268 Å². The molecule has 1 N–H and O–H groups in total. The van der Waals surface area contributed by atoms with Crippen molar-refractivity contribution in [2.24, 2.45) is 7.05 Å². The van der Waals surface area contributed by atoms with Crippen molar-refractivity contribution in [3.05, 3.63) is 84.8 Å². The van der Waals surface area contributed by atoms with Gasteiger partial charge in [0.05, 0.1) is 56.7 Å². The maximum absolute atomic E-state index is 11.1. The molecule has 0 amide bonds. The molecule has 244 valence electrons. The Bertz CT molecular complexity index is 1790. The van der Waals surface area contributed by atoms with Crippen molar-refractivity contribution in [2.75, 3.05) is 59.5 Å². The molecule has 0 fully saturated rings. The van der Waals surface area contributed by atoms with Crippen LogP contribution in [-0.4, -0.2) is 87.0 Å². The normalized spacial score (nSPS) is 11.9. The fourth-order valence-electron chi connectivity index (χ4n) is 5.04. The molecule has 0 unspecified atom stereocenters. The number of pyridine rings is 2. The molecule has 11 nitrogen and oxygen atoms in total. The molecule has 3 heterocycles. The van der Waals surface area contributed by atoms with Gasteiger partial charge in [-0.2, -0.15) is 8.42 Å². The van der Waals surface area contributed by atoms with Crippen LogP contribution in [0, 0.1) is 0 Å². The minimum atomic E-state index is -4.16. The quantitative estimate of drug-likeness (QED) is 0.0951. The monoisotopic (exact) mass is 649 g/mol. The van der Waals surface area contributed by atoms with Crippen molar-refractivity contribution in [3.8, 4) is 17.0 Å². The highest BCUT2D eigenvalue weighted by Crippen LogP contribution is 2.31. The molecule has 5 rings (SSSR count). The van der Waals surface area contributed by atoms with Crippen LogP contribution < -0.4 is 4.74 Å². The molecular formula is C34H39N3O8S. The highest BCUT2D eigenvalue weighted by Gasteiger charge is 2.10. The second-order valence-corrected chi connectivity index (χ2v) is 12.0. The van der Waals surface area contributed by atoms with Gasteiger partial charge in [-0.3, -0.25) is 9.54 Å². The molecule has 46 heavy (non-hydrogen) atoms. The Hall–Kier alpha value is -3.91. The van der Waals surface area contributed by atoms with E-state index in [4.69, 9.17) is 28.2 Å². The minimum absolute atomic E-state index is 0.104. The summed E-state index contributed by atoms with van der Waals surface area (Å²) in [5, 5.41) is 2.33. The molecule has 0 aliphatic rings. The van der Waals surface area contributed by atoms with Crippen molar-refractivity contribution >= 4 is 31.9 Å². The van der Waals surface area contributed by atoms with E-state index in [0.29, 0.717) is 65.3 Å². The minimum Gasteiger partial charge on any atom is -0.475 e. The second kappa shape index (κ2) is 16.6. The third kappa shape index (κ3) is 9.32. The summed E-state index contributed by atoms with van der Waals surface area (Å²) in [7, 11) is -2.09. The van der Waals surface area contributed by atoms with Crippen LogP contribution in [0.15, 0.2) is 84.1 Å². The molecule has 0 spiro atoms. The zero-order chi connectivity index (χ0) is 32.2. The zero-order valence-corrected chi connectivity index (χ0v) is 26.7. The van der Waals surface area contributed by atoms with E-state index >= 15 is 0 Å². The zero-order valence-electron chi connectivity index (χ0n) is 25.8. The van der Waals surface area contributed by atoms with E-state index in [1.165, 1.54) is 17.5 Å². The molecule has 0 atom stereocenters. The molecule has 0 aliphatic heterocycles. The van der Waals surface area contributed by atoms with Crippen LogP contribution in [0.25, 0.3) is 32.9 Å². The summed E-state index contributed by atoms with van der Waals surface area (Å²) in [6.07, 6.45) is 7.10. The summed E-state index contributed by atoms with van der Waals surface area (Å²) in [6.45, 7) is 4.24. The summed E-state index contributed by atoms with van der Waals surface area (Å²) in [6, 6.07) is 18.5. The lowest BCUT2D eigenvalue weighted by atomic mass is 10.1. The van der Waals surface area contributed by atoms with Gasteiger partial charge in [0.25, 0.3) is 10.1 Å². The first-order valence-corrected chi connectivity index (χ1v) is 16.6. The van der Waals surface area contributed by atoms with Crippen LogP contribution in [0.2, 0.25) is 0 Å². The van der Waals surface area contributed by atoms with Crippen LogP contribution in [-0.2, 0) is 42.5 Å². The average molecular weight is 650 g/mol. The maximum Gasteiger partial charge on any atom is 0.294 e. The van der Waals surface area contributed by atoms with E-state index in [1.54, 1.807) is 12.1 Å². The van der Waals surface area contributed by atoms with Gasteiger partial charge in [0.1, 0.15) is 6.61 Å². The molecule has 2 aromatic carbocycles. The van der Waals surface area contributed by atoms with Crippen molar-refractivity contribution in [1.29, 1.82) is 0 Å². The highest BCUT2D eigenvalue weighted by atomic mass is 32.2. The summed E-state index contributed by atoms with van der Waals surface area (Å²) >= 11 is 0. The third-order valence-electron chi connectivity index (χ3n) is 7.45. The van der Waals surface area contributed by atoms with Crippen LogP contribution in [0.4, 0.5) is 0 Å². The van der Waals surface area contributed by atoms with Crippen LogP contribution in [0.3, 0.4) is 0 Å². The second-order valence-electron chi connectivity index (χ2n) is 10.6. The number of aryl methyl sites for hydroxylation is 2. The van der Waals surface area contributed by atoms with Gasteiger partial charge >= 0.3 is 0 Å². The number of hydrogen-bond acceptors (Lipinski definition) is 9. The first-order valence-electron chi connectivity index (χ1n) is 15.2. The Morgan fingerprint density at radius 2 is 1.35 bits per heavy atom. The van der Waals surface area contributed by atoms with Crippen molar-refractivity contribution < 1.29 is 36.7 Å². The summed E-state index contributed by atoms with van der Waals surface area (Å²) < 4.78 is 61.3. The van der Waals surface area contributed by atoms with Crippen LogP contribution in [0.1, 0.15) is 12.0 Å². The lowest BCUT2D eigenvalue weighted by molar-refractivity contribution is -0.00485. The van der Waals surface area contributed by atoms with E-state index in [1.807, 2.05) is 36.8 Å². The number of hydrogen-bond donors (Lipinski definition) is 1. The summed E-state index contributed by atoms with van der Waals surface area (Å²) in [5.74, 6) is 0.551. The van der Waals surface area contributed by atoms with Gasteiger partial charge in [0.15, 0.2) is 0 Å². The molecule has 0 aliphatic carbocycles. The predicted octanol–water partition coefficient (Wildman–Crippen LogP) is 5.11. The smallest absolute Gasteiger partial charge is 0.294 e. The number of fused-ring (bicyclic) bond motifs is 3. The lowest BCUT2D eigenvalue weighted by Gasteiger charge is -2.09. The molecule has 5 aromatic rings. The molecule has 0 radical (unpaired) electrons. The molecule has 0 bridgehead atoms. The van der Waals surface area contributed by atoms with Gasteiger partial charge in [-0.15, -0.1) is 0 Å². The fraction of sp³-hybridized carbons (Fsp3) is 0.353. The Balaban J connectivity index is 0.858. The van der Waals surface area contributed by atoms with Crippen molar-refractivity contribution in [1.82, 2.24) is 14.5 Å². The summed E-state index contributed by atoms with van der Waals surface area (Å²) in [5.41, 5.74) is 5.39. The van der Waals surface area contributed by atoms with Crippen molar-refractivity contribution in [2.45, 2.75) is 17.7 Å². The number of aromatic nitrogens is 3. The molecular weight excluding hydrogens is 610 g/mol. The van der Waals surface area contributed by atoms with E-state index in [9.17, 15) is 8.42 Å². The number of benzene rings is 2. The molecule has 3 aromatic heterocycles. The van der Waals surface area contributed by atoms with Gasteiger partial charge in [-0.1, -0.05) is 24.3 Å². The molecule has 0 saturated carbocycles. The highest BCUT2D eigenvalue weighted by molar-refractivity contribution is 7.85. The lowest BCUT2D eigenvalue weighted by Crippen LogP contribution is -2.14. The third-order valence-corrected chi connectivity index (χ3v) is 8.32. The topological polar surface area (TPSA) is 131 Å². The van der Waals surface area contributed by atoms with Gasteiger partial charge in [0.2, 0.25) is 5.88 Å². The van der Waals surface area contributed by atoms with Gasteiger partial charge in [-0.25, -0.2) is 4.98 Å². The molecule has 0 saturated heterocycles. The number of rotatable bonds is 19. The van der Waals surface area contributed by atoms with Crippen molar-refractivity contribution in [3.63, 3.8) is 0 Å². The Kier molecular flexibility index (Phi) is 12.1. The number of nitrogens with zero attached hydrogens (tertiary/aromatic N) is 3. The number of ether oxygens (including phenoxy) is 5. The van der Waals surface area contributed by atoms with E-state index in [2.05, 4.69) is 39.8 Å². The van der Waals surface area contributed by atoms with Crippen LogP contribution in [0.5, 0.6) is 5.88 Å². The predicted molar refractivity (Wildman–Crippen MR) is 175 cm³/mol. The van der Waals surface area contributed by atoms with Gasteiger partial charge in [-0.05, 0) is 54.3 Å². The van der Waals surface area contributed by atoms with Gasteiger partial charge in [0, 0.05) is 60.2 Å². The molecule has 12 heteroatoms. The first kappa shape index (κ1) is 33.5.